The molecule has 0 atom stereocenters. The van der Waals surface area contributed by atoms with Crippen LogP contribution in [0.5, 0.6) is 0 Å². The Morgan fingerprint density at radius 3 is 2.37 bits per heavy atom. The van der Waals surface area contributed by atoms with Crippen LogP contribution in [0.3, 0.4) is 0 Å². The minimum atomic E-state index is -4.29. The zero-order valence-electron chi connectivity index (χ0n) is 16.0. The Balaban J connectivity index is 1.64. The first kappa shape index (κ1) is 19.8. The first-order chi connectivity index (χ1) is 14.3. The van der Waals surface area contributed by atoms with E-state index in [1.807, 2.05) is 43.3 Å². The molecule has 30 heavy (non-hydrogen) atoms. The molecule has 0 bridgehead atoms. The fraction of sp³-hybridized carbons (Fsp3) is 0.0909. The number of pyridine rings is 1. The Morgan fingerprint density at radius 1 is 1.03 bits per heavy atom. The Kier molecular flexibility index (Phi) is 4.89. The maximum absolute atomic E-state index is 12.6. The van der Waals surface area contributed by atoms with Gasteiger partial charge in [-0.1, -0.05) is 12.1 Å². The number of fused-ring (bicyclic) bond motifs is 1. The molecule has 1 aliphatic rings. The van der Waals surface area contributed by atoms with Crippen molar-refractivity contribution >= 4 is 38.6 Å². The van der Waals surface area contributed by atoms with Gasteiger partial charge in [0.2, 0.25) is 17.0 Å². The number of aliphatic hydroxyl groups excluding tert-OH is 1. The quantitative estimate of drug-likeness (QED) is 0.330. The average Bonchev–Trinajstić information content (AvgIpc) is 2.74. The molecule has 0 saturated heterocycles. The Hall–Kier alpha value is -3.49. The number of aromatic nitrogens is 1. The first-order valence-electron chi connectivity index (χ1n) is 9.26. The minimum Gasteiger partial charge on any atom is -0.505 e. The summed E-state index contributed by atoms with van der Waals surface area (Å²) in [5.74, 6) is -0.503. The second-order valence-corrected chi connectivity index (χ2v) is 8.22. The summed E-state index contributed by atoms with van der Waals surface area (Å²) in [7, 11) is -4.29. The molecule has 4 rings (SSSR count). The molecule has 8 heteroatoms. The van der Waals surface area contributed by atoms with Gasteiger partial charge < -0.3 is 10.4 Å². The number of ketones is 1. The largest absolute Gasteiger partial charge is 0.505 e. The lowest BCUT2D eigenvalue weighted by atomic mass is 9.92. The van der Waals surface area contributed by atoms with Crippen LogP contribution in [0, 0.1) is 0 Å². The smallest absolute Gasteiger partial charge is 0.294 e. The van der Waals surface area contributed by atoms with Crippen LogP contribution in [0.25, 0.3) is 17.0 Å². The molecule has 0 aliphatic heterocycles. The summed E-state index contributed by atoms with van der Waals surface area (Å²) < 4.78 is 33.3. The lowest BCUT2D eigenvalue weighted by molar-refractivity contribution is -0.669. The van der Waals surface area contributed by atoms with Crippen LogP contribution in [-0.4, -0.2) is 23.9 Å². The summed E-state index contributed by atoms with van der Waals surface area (Å²) in [6.07, 6.45) is 1.65. The topological polar surface area (TPSA) is 108 Å². The molecule has 152 valence electrons. The standard InChI is InChI=1S/C22H18N2O5S/c1-2-24-16(10-7-14-5-3-4-6-19(14)24)13-18-21(25)20(22(18)26)23-15-8-11-17(12-9-15)30(27,28)29/h3-13H,2H2,1H3,(H2,25,26,27,28,29)/p+1. The summed E-state index contributed by atoms with van der Waals surface area (Å²) in [6.45, 7) is 2.71. The number of anilines is 1. The molecule has 7 nitrogen and oxygen atoms in total. The molecule has 3 N–H and O–H groups in total. The summed E-state index contributed by atoms with van der Waals surface area (Å²) in [4.78, 5) is 12.3. The van der Waals surface area contributed by atoms with Gasteiger partial charge in [0.15, 0.2) is 5.76 Å². The van der Waals surface area contributed by atoms with Crippen LogP contribution in [0.2, 0.25) is 0 Å². The Labute approximate surface area is 173 Å². The molecular weight excluding hydrogens is 404 g/mol. The van der Waals surface area contributed by atoms with Crippen molar-refractivity contribution in [1.29, 1.82) is 0 Å². The number of hydrogen-bond donors (Lipinski definition) is 3. The van der Waals surface area contributed by atoms with Crippen molar-refractivity contribution in [3.05, 3.63) is 83.4 Å². The number of benzene rings is 2. The SMILES string of the molecule is CC[n+]1c(C=C2C(=O)C(Nc3ccc(S(=O)(=O)O)cc3)=C2O)ccc2ccccc21. The highest BCUT2D eigenvalue weighted by Crippen LogP contribution is 2.31. The normalized spacial score (nSPS) is 15.5. The number of carbonyl (C=O) groups excluding carboxylic acids is 1. The number of Topliss-reactive ketones (excluding diaryl/α,β-unsaturated/α-hetero) is 1. The second kappa shape index (κ2) is 7.40. The van der Waals surface area contributed by atoms with Gasteiger partial charge in [-0.2, -0.15) is 13.0 Å². The van der Waals surface area contributed by atoms with E-state index in [-0.39, 0.29) is 27.7 Å². The minimum absolute atomic E-state index is 0.0321. The fourth-order valence-electron chi connectivity index (χ4n) is 3.43. The maximum atomic E-state index is 12.6. The Bertz CT molecular complexity index is 1340. The third kappa shape index (κ3) is 3.47. The predicted octanol–water partition coefficient (Wildman–Crippen LogP) is 3.24. The van der Waals surface area contributed by atoms with E-state index in [1.165, 1.54) is 24.3 Å². The van der Waals surface area contributed by atoms with E-state index >= 15 is 0 Å². The molecule has 0 saturated carbocycles. The zero-order valence-corrected chi connectivity index (χ0v) is 16.8. The highest BCUT2D eigenvalue weighted by atomic mass is 32.2. The van der Waals surface area contributed by atoms with E-state index in [1.54, 1.807) is 6.08 Å². The number of nitrogens with one attached hydrogen (secondary N) is 1. The number of para-hydroxylation sites is 1. The van der Waals surface area contributed by atoms with E-state index in [9.17, 15) is 18.3 Å². The number of aliphatic hydroxyl groups is 1. The molecule has 2 aromatic carbocycles. The third-order valence-corrected chi connectivity index (χ3v) is 5.83. The lowest BCUT2D eigenvalue weighted by Gasteiger charge is -2.22. The van der Waals surface area contributed by atoms with Gasteiger partial charge >= 0.3 is 0 Å². The zero-order chi connectivity index (χ0) is 21.5. The molecule has 0 spiro atoms. The van der Waals surface area contributed by atoms with Crippen molar-refractivity contribution in [3.63, 3.8) is 0 Å². The van der Waals surface area contributed by atoms with E-state index < -0.39 is 10.1 Å². The van der Waals surface area contributed by atoms with E-state index in [0.717, 1.165) is 16.6 Å². The number of hydrogen-bond acceptors (Lipinski definition) is 5. The van der Waals surface area contributed by atoms with Crippen LogP contribution in [0.15, 0.2) is 82.6 Å². The molecule has 0 amide bonds. The van der Waals surface area contributed by atoms with E-state index in [4.69, 9.17) is 4.55 Å². The van der Waals surface area contributed by atoms with Gasteiger partial charge in [-0.25, -0.2) is 0 Å². The van der Waals surface area contributed by atoms with Gasteiger partial charge in [0, 0.05) is 29.3 Å². The van der Waals surface area contributed by atoms with Crippen molar-refractivity contribution in [1.82, 2.24) is 0 Å². The predicted molar refractivity (Wildman–Crippen MR) is 112 cm³/mol. The third-order valence-electron chi connectivity index (χ3n) is 4.97. The molecule has 1 aromatic heterocycles. The molecule has 3 aromatic rings. The molecule has 1 aliphatic carbocycles. The van der Waals surface area contributed by atoms with Gasteiger partial charge in [-0.3, -0.25) is 9.35 Å². The van der Waals surface area contributed by atoms with Crippen LogP contribution in [0.1, 0.15) is 12.6 Å². The highest BCUT2D eigenvalue weighted by molar-refractivity contribution is 7.85. The van der Waals surface area contributed by atoms with E-state index in [0.29, 0.717) is 12.2 Å². The van der Waals surface area contributed by atoms with Crippen molar-refractivity contribution in [2.24, 2.45) is 0 Å². The summed E-state index contributed by atoms with van der Waals surface area (Å²) in [6, 6.07) is 17.0. The lowest BCUT2D eigenvalue weighted by Crippen LogP contribution is -2.37. The molecule has 1 heterocycles. The van der Waals surface area contributed by atoms with Crippen LogP contribution in [0.4, 0.5) is 5.69 Å². The van der Waals surface area contributed by atoms with Crippen molar-refractivity contribution in [2.75, 3.05) is 5.32 Å². The number of nitrogens with zero attached hydrogens (tertiary/aromatic N) is 1. The van der Waals surface area contributed by atoms with Crippen molar-refractivity contribution in [3.8, 4) is 0 Å². The fourth-order valence-corrected chi connectivity index (χ4v) is 3.91. The number of rotatable bonds is 5. The molecule has 0 fully saturated rings. The van der Waals surface area contributed by atoms with E-state index in [2.05, 4.69) is 9.88 Å². The molecular formula is C22H19N2O5S+. The van der Waals surface area contributed by atoms with Gasteiger partial charge in [0.1, 0.15) is 12.2 Å². The number of allylic oxidation sites excluding steroid dienone is 2. The molecule has 0 unspecified atom stereocenters. The second-order valence-electron chi connectivity index (χ2n) is 6.80. The summed E-state index contributed by atoms with van der Waals surface area (Å²) in [5, 5.41) is 14.3. The van der Waals surface area contributed by atoms with Gasteiger partial charge in [0.25, 0.3) is 10.1 Å². The van der Waals surface area contributed by atoms with Gasteiger partial charge in [0.05, 0.1) is 10.5 Å². The summed E-state index contributed by atoms with van der Waals surface area (Å²) in [5.41, 5.74) is 2.46. The van der Waals surface area contributed by atoms with Gasteiger partial charge in [-0.05, 0) is 43.3 Å². The maximum Gasteiger partial charge on any atom is 0.294 e. The van der Waals surface area contributed by atoms with Crippen molar-refractivity contribution < 1.29 is 27.4 Å². The number of aryl methyl sites for hydroxylation is 1. The van der Waals surface area contributed by atoms with Crippen LogP contribution in [-0.2, 0) is 21.5 Å². The Morgan fingerprint density at radius 2 is 1.73 bits per heavy atom. The first-order valence-corrected chi connectivity index (χ1v) is 10.7. The number of carbonyl (C=O) groups is 1. The summed E-state index contributed by atoms with van der Waals surface area (Å²) >= 11 is 0. The average molecular weight is 423 g/mol. The van der Waals surface area contributed by atoms with Crippen molar-refractivity contribution in [2.45, 2.75) is 18.4 Å². The molecule has 0 radical (unpaired) electrons. The van der Waals surface area contributed by atoms with Crippen LogP contribution < -0.4 is 9.88 Å². The monoisotopic (exact) mass is 423 g/mol. The highest BCUT2D eigenvalue weighted by Gasteiger charge is 2.35. The van der Waals surface area contributed by atoms with Crippen LogP contribution >= 0.6 is 0 Å². The van der Waals surface area contributed by atoms with Gasteiger partial charge in [-0.15, -0.1) is 0 Å².